The number of halogens is 1. The molecule has 0 fully saturated rings. The van der Waals surface area contributed by atoms with E-state index >= 15 is 0 Å². The van der Waals surface area contributed by atoms with Crippen molar-refractivity contribution in [3.63, 3.8) is 0 Å². The van der Waals surface area contributed by atoms with Gasteiger partial charge in [0, 0.05) is 4.70 Å². The first kappa shape index (κ1) is 16.9. The molecule has 3 rings (SSSR count). The zero-order chi connectivity index (χ0) is 17.8. The number of anilines is 1. The predicted octanol–water partition coefficient (Wildman–Crippen LogP) is 3.84. The Morgan fingerprint density at radius 3 is 2.76 bits per heavy atom. The zero-order valence-corrected chi connectivity index (χ0v) is 14.1. The minimum atomic E-state index is -0.628. The Morgan fingerprint density at radius 2 is 1.96 bits per heavy atom. The van der Waals surface area contributed by atoms with Gasteiger partial charge in [0.2, 0.25) is 0 Å². The molecule has 5 nitrogen and oxygen atoms in total. The summed E-state index contributed by atoms with van der Waals surface area (Å²) in [5.41, 5.74) is 0.489. The Bertz CT molecular complexity index is 938. The van der Waals surface area contributed by atoms with E-state index in [2.05, 4.69) is 5.32 Å². The van der Waals surface area contributed by atoms with E-state index in [1.54, 1.807) is 36.4 Å². The van der Waals surface area contributed by atoms with Crippen LogP contribution in [0.3, 0.4) is 0 Å². The number of carbonyl (C=O) groups excluding carboxylic acids is 2. The molecule has 128 valence electrons. The van der Waals surface area contributed by atoms with E-state index in [9.17, 15) is 14.0 Å². The van der Waals surface area contributed by atoms with Crippen LogP contribution in [0.25, 0.3) is 10.1 Å². The van der Waals surface area contributed by atoms with Crippen LogP contribution in [0.4, 0.5) is 10.1 Å². The fourth-order valence-corrected chi connectivity index (χ4v) is 3.19. The van der Waals surface area contributed by atoms with Gasteiger partial charge in [-0.1, -0.05) is 12.1 Å². The molecule has 1 heterocycles. The van der Waals surface area contributed by atoms with Crippen molar-refractivity contribution >= 4 is 39.0 Å². The van der Waals surface area contributed by atoms with Gasteiger partial charge in [-0.05, 0) is 41.8 Å². The van der Waals surface area contributed by atoms with Gasteiger partial charge in [-0.3, -0.25) is 4.79 Å². The first-order chi connectivity index (χ1) is 12.1. The van der Waals surface area contributed by atoms with Crippen LogP contribution < -0.4 is 10.1 Å². The number of methoxy groups -OCH3 is 1. The molecular weight excluding hydrogens is 345 g/mol. The van der Waals surface area contributed by atoms with E-state index < -0.39 is 18.5 Å². The molecule has 0 aliphatic carbocycles. The molecule has 0 aliphatic rings. The van der Waals surface area contributed by atoms with Gasteiger partial charge in [-0.25, -0.2) is 9.18 Å². The van der Waals surface area contributed by atoms with E-state index in [4.69, 9.17) is 9.47 Å². The van der Waals surface area contributed by atoms with Crippen LogP contribution in [0.1, 0.15) is 9.67 Å². The third-order valence-corrected chi connectivity index (χ3v) is 4.49. The van der Waals surface area contributed by atoms with E-state index in [0.717, 1.165) is 4.70 Å². The lowest BCUT2D eigenvalue weighted by molar-refractivity contribution is -0.119. The van der Waals surface area contributed by atoms with E-state index in [-0.39, 0.29) is 5.82 Å². The van der Waals surface area contributed by atoms with Gasteiger partial charge in [-0.2, -0.15) is 0 Å². The molecular formula is C18H14FNO4S. The average Bonchev–Trinajstić information content (AvgIpc) is 3.03. The molecule has 1 aromatic heterocycles. The SMILES string of the molecule is COc1ccccc1NC(=O)COC(=O)c1cc2cc(F)ccc2s1. The highest BCUT2D eigenvalue weighted by Crippen LogP contribution is 2.27. The van der Waals surface area contributed by atoms with Crippen LogP contribution in [0.5, 0.6) is 5.75 Å². The summed E-state index contributed by atoms with van der Waals surface area (Å²) in [6.07, 6.45) is 0. The molecule has 0 unspecified atom stereocenters. The topological polar surface area (TPSA) is 64.6 Å². The van der Waals surface area contributed by atoms with Gasteiger partial charge in [-0.15, -0.1) is 11.3 Å². The maximum absolute atomic E-state index is 13.2. The van der Waals surface area contributed by atoms with Crippen LogP contribution in [-0.2, 0) is 9.53 Å². The highest BCUT2D eigenvalue weighted by molar-refractivity contribution is 7.20. The fraction of sp³-hybridized carbons (Fsp3) is 0.111. The minimum absolute atomic E-state index is 0.311. The number of ether oxygens (including phenoxy) is 2. The fourth-order valence-electron chi connectivity index (χ4n) is 2.25. The number of benzene rings is 2. The third-order valence-electron chi connectivity index (χ3n) is 3.39. The number of para-hydroxylation sites is 2. The Balaban J connectivity index is 1.62. The summed E-state index contributed by atoms with van der Waals surface area (Å²) in [6.45, 7) is -0.431. The highest BCUT2D eigenvalue weighted by atomic mass is 32.1. The molecule has 0 saturated heterocycles. The van der Waals surface area contributed by atoms with Gasteiger partial charge in [0.1, 0.15) is 16.4 Å². The van der Waals surface area contributed by atoms with Crippen molar-refractivity contribution in [2.75, 3.05) is 19.0 Å². The predicted molar refractivity (Wildman–Crippen MR) is 93.7 cm³/mol. The molecule has 0 bridgehead atoms. The molecule has 0 radical (unpaired) electrons. The monoisotopic (exact) mass is 359 g/mol. The molecule has 0 saturated carbocycles. The second-order valence-corrected chi connectivity index (χ2v) is 6.20. The Kier molecular flexibility index (Phi) is 4.95. The maximum atomic E-state index is 13.2. The standard InChI is InChI=1S/C18H14FNO4S/c1-23-14-5-3-2-4-13(14)20-17(21)10-24-18(22)16-9-11-8-12(19)6-7-15(11)25-16/h2-9H,10H2,1H3,(H,20,21). The molecule has 1 amide bonds. The van der Waals surface area contributed by atoms with Crippen LogP contribution in [0, 0.1) is 5.82 Å². The number of fused-ring (bicyclic) bond motifs is 1. The number of carbonyl (C=O) groups is 2. The molecule has 0 atom stereocenters. The summed E-state index contributed by atoms with van der Waals surface area (Å²) in [4.78, 5) is 24.3. The van der Waals surface area contributed by atoms with Gasteiger partial charge in [0.15, 0.2) is 6.61 Å². The molecule has 1 N–H and O–H groups in total. The van der Waals surface area contributed by atoms with Gasteiger partial charge in [0.05, 0.1) is 12.8 Å². The summed E-state index contributed by atoms with van der Waals surface area (Å²) in [7, 11) is 1.50. The van der Waals surface area contributed by atoms with E-state index in [1.807, 2.05) is 0 Å². The first-order valence-corrected chi connectivity index (χ1v) is 8.17. The highest BCUT2D eigenvalue weighted by Gasteiger charge is 2.15. The van der Waals surface area contributed by atoms with Gasteiger partial charge >= 0.3 is 5.97 Å². The lowest BCUT2D eigenvalue weighted by Gasteiger charge is -2.09. The molecule has 2 aromatic carbocycles. The molecule has 3 aromatic rings. The summed E-state index contributed by atoms with van der Waals surface area (Å²) in [5, 5.41) is 3.24. The third kappa shape index (κ3) is 3.95. The van der Waals surface area contributed by atoms with Crippen molar-refractivity contribution in [2.24, 2.45) is 0 Å². The van der Waals surface area contributed by atoms with Crippen molar-refractivity contribution in [3.05, 3.63) is 59.2 Å². The van der Waals surface area contributed by atoms with Crippen LogP contribution in [0.2, 0.25) is 0 Å². The Labute approximate surface area is 147 Å². The number of thiophene rings is 1. The molecule has 0 aliphatic heterocycles. The van der Waals surface area contributed by atoms with Crippen LogP contribution >= 0.6 is 11.3 Å². The Morgan fingerprint density at radius 1 is 1.16 bits per heavy atom. The minimum Gasteiger partial charge on any atom is -0.495 e. The molecule has 0 spiro atoms. The van der Waals surface area contributed by atoms with Crippen LogP contribution in [0.15, 0.2) is 48.5 Å². The van der Waals surface area contributed by atoms with E-state index in [1.165, 1.54) is 30.6 Å². The normalized spacial score (nSPS) is 10.5. The zero-order valence-electron chi connectivity index (χ0n) is 13.2. The molecule has 7 heteroatoms. The van der Waals surface area contributed by atoms with E-state index in [0.29, 0.717) is 21.7 Å². The number of hydrogen-bond donors (Lipinski definition) is 1. The summed E-state index contributed by atoms with van der Waals surface area (Å²) >= 11 is 1.18. The second kappa shape index (κ2) is 7.31. The summed E-state index contributed by atoms with van der Waals surface area (Å²) in [6, 6.07) is 12.7. The summed E-state index contributed by atoms with van der Waals surface area (Å²) in [5.74, 6) is -0.975. The lowest BCUT2D eigenvalue weighted by atomic mass is 10.2. The first-order valence-electron chi connectivity index (χ1n) is 7.36. The number of esters is 1. The Hall–Kier alpha value is -2.93. The quantitative estimate of drug-likeness (QED) is 0.703. The van der Waals surface area contributed by atoms with Crippen molar-refractivity contribution in [1.82, 2.24) is 0 Å². The maximum Gasteiger partial charge on any atom is 0.348 e. The van der Waals surface area contributed by atoms with Crippen LogP contribution in [-0.4, -0.2) is 25.6 Å². The number of nitrogens with one attached hydrogen (secondary N) is 1. The van der Waals surface area contributed by atoms with Crippen molar-refractivity contribution in [1.29, 1.82) is 0 Å². The number of rotatable bonds is 5. The second-order valence-electron chi connectivity index (χ2n) is 5.12. The van der Waals surface area contributed by atoms with Crippen molar-refractivity contribution in [2.45, 2.75) is 0 Å². The van der Waals surface area contributed by atoms with Gasteiger partial charge in [0.25, 0.3) is 5.91 Å². The number of amides is 1. The van der Waals surface area contributed by atoms with Gasteiger partial charge < -0.3 is 14.8 Å². The lowest BCUT2D eigenvalue weighted by Crippen LogP contribution is -2.20. The average molecular weight is 359 g/mol. The van der Waals surface area contributed by atoms with Crippen molar-refractivity contribution < 1.29 is 23.5 Å². The largest absolute Gasteiger partial charge is 0.495 e. The van der Waals surface area contributed by atoms with Crippen molar-refractivity contribution in [3.8, 4) is 5.75 Å². The summed E-state index contributed by atoms with van der Waals surface area (Å²) < 4.78 is 24.1. The number of hydrogen-bond acceptors (Lipinski definition) is 5. The molecule has 25 heavy (non-hydrogen) atoms. The smallest absolute Gasteiger partial charge is 0.348 e.